The summed E-state index contributed by atoms with van der Waals surface area (Å²) in [6.45, 7) is 1.76. The van der Waals surface area contributed by atoms with E-state index in [1.54, 1.807) is 66.3 Å². The molecule has 0 aliphatic heterocycles. The van der Waals surface area contributed by atoms with E-state index in [-0.39, 0.29) is 11.7 Å². The van der Waals surface area contributed by atoms with Gasteiger partial charge in [0.2, 0.25) is 6.04 Å². The van der Waals surface area contributed by atoms with Crippen LogP contribution in [0.1, 0.15) is 28.9 Å². The Kier molecular flexibility index (Phi) is 5.89. The van der Waals surface area contributed by atoms with E-state index < -0.39 is 6.04 Å². The molecule has 0 bridgehead atoms. The number of hydrogen-bond acceptors (Lipinski definition) is 2. The molecular formula is C21H17Cl2N2O2+. The van der Waals surface area contributed by atoms with Crippen molar-refractivity contribution in [3.05, 3.63) is 94.2 Å². The zero-order valence-electron chi connectivity index (χ0n) is 14.5. The molecule has 3 rings (SSSR count). The van der Waals surface area contributed by atoms with Gasteiger partial charge in [0.15, 0.2) is 18.2 Å². The van der Waals surface area contributed by atoms with E-state index in [4.69, 9.17) is 23.2 Å². The molecule has 1 N–H and O–H groups in total. The number of nitrogens with zero attached hydrogens (tertiary/aromatic N) is 1. The Labute approximate surface area is 167 Å². The molecule has 0 unspecified atom stereocenters. The molecule has 136 valence electrons. The minimum atomic E-state index is -0.499. The molecule has 0 aliphatic carbocycles. The van der Waals surface area contributed by atoms with Crippen LogP contribution in [0.2, 0.25) is 10.0 Å². The van der Waals surface area contributed by atoms with Gasteiger partial charge in [0.05, 0.1) is 10.7 Å². The number of ketones is 1. The third kappa shape index (κ3) is 4.54. The number of halogens is 2. The van der Waals surface area contributed by atoms with Gasteiger partial charge in [-0.25, -0.2) is 0 Å². The van der Waals surface area contributed by atoms with Gasteiger partial charge in [0.25, 0.3) is 5.91 Å². The van der Waals surface area contributed by atoms with Gasteiger partial charge in [-0.1, -0.05) is 53.5 Å². The highest BCUT2D eigenvalue weighted by Gasteiger charge is 2.23. The summed E-state index contributed by atoms with van der Waals surface area (Å²) < 4.78 is 1.72. The standard InChI is InChI=1S/C21H16Cl2N2O2/c1-14(21(27)24-19-13-17(22)7-8-18(19)23)25-11-9-16(10-12-25)20(26)15-5-3-2-4-6-15/h2-14H,1H3/p+1/t14-/m0/s1. The van der Waals surface area contributed by atoms with Crippen LogP contribution in [0.4, 0.5) is 5.69 Å². The highest BCUT2D eigenvalue weighted by atomic mass is 35.5. The summed E-state index contributed by atoms with van der Waals surface area (Å²) in [6, 6.07) is 16.8. The SMILES string of the molecule is C[C@@H](C(=O)Nc1cc(Cl)ccc1Cl)[n+]1ccc(C(=O)c2ccccc2)cc1. The minimum Gasteiger partial charge on any atom is -0.319 e. The summed E-state index contributed by atoms with van der Waals surface area (Å²) in [5.74, 6) is -0.308. The van der Waals surface area contributed by atoms with Crippen LogP contribution in [-0.2, 0) is 4.79 Å². The molecule has 3 aromatic rings. The second-order valence-corrected chi connectivity index (χ2v) is 6.86. The lowest BCUT2D eigenvalue weighted by atomic mass is 10.0. The third-order valence-electron chi connectivity index (χ3n) is 4.16. The lowest BCUT2D eigenvalue weighted by molar-refractivity contribution is -0.705. The van der Waals surface area contributed by atoms with Gasteiger partial charge in [0.1, 0.15) is 0 Å². The fraction of sp³-hybridized carbons (Fsp3) is 0.0952. The second kappa shape index (κ2) is 8.33. The van der Waals surface area contributed by atoms with E-state index in [1.165, 1.54) is 0 Å². The van der Waals surface area contributed by atoms with Crippen molar-refractivity contribution in [1.29, 1.82) is 0 Å². The quantitative estimate of drug-likeness (QED) is 0.498. The smallest absolute Gasteiger partial charge is 0.293 e. The topological polar surface area (TPSA) is 50.1 Å². The van der Waals surface area contributed by atoms with E-state index in [1.807, 2.05) is 18.2 Å². The lowest BCUT2D eigenvalue weighted by Gasteiger charge is -2.10. The van der Waals surface area contributed by atoms with Crippen molar-refractivity contribution in [2.45, 2.75) is 13.0 Å². The molecule has 0 aliphatic rings. The van der Waals surface area contributed by atoms with E-state index in [2.05, 4.69) is 5.32 Å². The summed E-state index contributed by atoms with van der Waals surface area (Å²) in [5.41, 5.74) is 1.64. The predicted octanol–water partition coefficient (Wildman–Crippen LogP) is 4.71. The number of pyridine rings is 1. The molecule has 0 radical (unpaired) electrons. The van der Waals surface area contributed by atoms with Crippen LogP contribution in [0, 0.1) is 0 Å². The third-order valence-corrected chi connectivity index (χ3v) is 4.73. The Morgan fingerprint density at radius 3 is 2.22 bits per heavy atom. The second-order valence-electron chi connectivity index (χ2n) is 6.02. The lowest BCUT2D eigenvalue weighted by Crippen LogP contribution is -2.44. The number of nitrogens with one attached hydrogen (secondary N) is 1. The van der Waals surface area contributed by atoms with Gasteiger partial charge in [-0.05, 0) is 18.2 Å². The highest BCUT2D eigenvalue weighted by molar-refractivity contribution is 6.35. The average molecular weight is 400 g/mol. The Morgan fingerprint density at radius 1 is 0.926 bits per heavy atom. The first-order valence-electron chi connectivity index (χ1n) is 8.32. The fourth-order valence-corrected chi connectivity index (χ4v) is 2.91. The average Bonchev–Trinajstić information content (AvgIpc) is 2.70. The molecule has 0 spiro atoms. The first-order valence-corrected chi connectivity index (χ1v) is 9.08. The van der Waals surface area contributed by atoms with Gasteiger partial charge in [0, 0.05) is 35.2 Å². The van der Waals surface area contributed by atoms with Gasteiger partial charge in [-0.15, -0.1) is 0 Å². The molecule has 1 amide bonds. The number of hydrogen-bond donors (Lipinski definition) is 1. The minimum absolute atomic E-state index is 0.0643. The molecule has 0 saturated heterocycles. The van der Waals surface area contributed by atoms with Crippen LogP contribution < -0.4 is 9.88 Å². The number of carbonyl (C=O) groups excluding carboxylic acids is 2. The number of benzene rings is 2. The molecule has 0 saturated carbocycles. The highest BCUT2D eigenvalue weighted by Crippen LogP contribution is 2.25. The Balaban J connectivity index is 1.73. The van der Waals surface area contributed by atoms with Crippen molar-refractivity contribution in [3.8, 4) is 0 Å². The van der Waals surface area contributed by atoms with Crippen LogP contribution in [-0.4, -0.2) is 11.7 Å². The summed E-state index contributed by atoms with van der Waals surface area (Å²) >= 11 is 12.0. The summed E-state index contributed by atoms with van der Waals surface area (Å²) in [5, 5.41) is 3.67. The molecule has 1 aromatic heterocycles. The molecule has 0 fully saturated rings. The largest absolute Gasteiger partial charge is 0.319 e. The number of anilines is 1. The van der Waals surface area contributed by atoms with Crippen LogP contribution >= 0.6 is 23.2 Å². The number of amides is 1. The first kappa shape index (κ1) is 19.1. The van der Waals surface area contributed by atoms with Gasteiger partial charge in [-0.3, -0.25) is 9.59 Å². The number of carbonyl (C=O) groups is 2. The van der Waals surface area contributed by atoms with Crippen molar-refractivity contribution in [3.63, 3.8) is 0 Å². The van der Waals surface area contributed by atoms with E-state index >= 15 is 0 Å². The summed E-state index contributed by atoms with van der Waals surface area (Å²) in [4.78, 5) is 25.0. The predicted molar refractivity (Wildman–Crippen MR) is 106 cm³/mol. The van der Waals surface area contributed by atoms with Crippen LogP contribution in [0.5, 0.6) is 0 Å². The van der Waals surface area contributed by atoms with Crippen molar-refractivity contribution in [2.75, 3.05) is 5.32 Å². The maximum Gasteiger partial charge on any atom is 0.293 e. The Hall–Kier alpha value is -2.69. The Bertz CT molecular complexity index is 973. The van der Waals surface area contributed by atoms with Gasteiger partial charge in [-0.2, -0.15) is 4.57 Å². The monoisotopic (exact) mass is 399 g/mol. The molecule has 2 aromatic carbocycles. The summed E-state index contributed by atoms with van der Waals surface area (Å²) in [6.07, 6.45) is 3.42. The van der Waals surface area contributed by atoms with Gasteiger partial charge >= 0.3 is 0 Å². The molecule has 27 heavy (non-hydrogen) atoms. The molecule has 4 nitrogen and oxygen atoms in total. The van der Waals surface area contributed by atoms with Crippen molar-refractivity contribution in [2.24, 2.45) is 0 Å². The van der Waals surface area contributed by atoms with E-state index in [0.29, 0.717) is 26.9 Å². The molecule has 6 heteroatoms. The maximum absolute atomic E-state index is 12.5. The van der Waals surface area contributed by atoms with Crippen LogP contribution in [0.3, 0.4) is 0 Å². The molecular weight excluding hydrogens is 383 g/mol. The van der Waals surface area contributed by atoms with Crippen LogP contribution in [0.15, 0.2) is 73.1 Å². The Morgan fingerprint density at radius 2 is 1.56 bits per heavy atom. The van der Waals surface area contributed by atoms with E-state index in [9.17, 15) is 9.59 Å². The molecule has 1 atom stereocenters. The maximum atomic E-state index is 12.5. The summed E-state index contributed by atoms with van der Waals surface area (Å²) in [7, 11) is 0. The number of rotatable bonds is 5. The normalized spacial score (nSPS) is 11.7. The zero-order valence-corrected chi connectivity index (χ0v) is 16.0. The van der Waals surface area contributed by atoms with Crippen LogP contribution in [0.25, 0.3) is 0 Å². The van der Waals surface area contributed by atoms with Crippen molar-refractivity contribution < 1.29 is 14.2 Å². The number of aromatic nitrogens is 1. The zero-order chi connectivity index (χ0) is 19.4. The van der Waals surface area contributed by atoms with Gasteiger partial charge < -0.3 is 5.32 Å². The molecule has 1 heterocycles. The van der Waals surface area contributed by atoms with Crippen molar-refractivity contribution in [1.82, 2.24) is 0 Å². The van der Waals surface area contributed by atoms with Crippen molar-refractivity contribution >= 4 is 40.6 Å². The van der Waals surface area contributed by atoms with E-state index in [0.717, 1.165) is 0 Å². The fourth-order valence-electron chi connectivity index (χ4n) is 2.57. The first-order chi connectivity index (χ1) is 13.0.